The molecule has 20 heavy (non-hydrogen) atoms. The van der Waals surface area contributed by atoms with Gasteiger partial charge in [-0.3, -0.25) is 4.90 Å². The van der Waals surface area contributed by atoms with Crippen molar-refractivity contribution in [2.75, 3.05) is 25.2 Å². The largest absolute Gasteiger partial charge is 0.441 e. The first-order chi connectivity index (χ1) is 9.72. The monoisotopic (exact) mass is 274 g/mol. The minimum Gasteiger partial charge on any atom is -0.441 e. The summed E-state index contributed by atoms with van der Waals surface area (Å²) in [5.74, 6) is 0.471. The summed E-state index contributed by atoms with van der Waals surface area (Å²) in [4.78, 5) is 13.3. The van der Waals surface area contributed by atoms with Crippen molar-refractivity contribution in [2.45, 2.75) is 6.10 Å². The first-order valence-electron chi connectivity index (χ1n) is 6.22. The lowest BCUT2D eigenvalue weighted by Crippen LogP contribution is -2.26. The van der Waals surface area contributed by atoms with Gasteiger partial charge in [-0.25, -0.2) is 4.79 Å². The van der Waals surface area contributed by atoms with Crippen LogP contribution in [0.15, 0.2) is 29.3 Å². The van der Waals surface area contributed by atoms with Crippen molar-refractivity contribution < 1.29 is 18.8 Å². The summed E-state index contributed by atoms with van der Waals surface area (Å²) < 4.78 is 15.5. The molecule has 1 fully saturated rings. The number of hydrogen-bond acceptors (Lipinski definition) is 5. The van der Waals surface area contributed by atoms with E-state index in [9.17, 15) is 4.79 Å². The minimum atomic E-state index is -0.435. The van der Waals surface area contributed by atoms with Crippen molar-refractivity contribution >= 4 is 29.0 Å². The minimum absolute atomic E-state index is 0.285. The Hall–Kier alpha value is -2.34. The van der Waals surface area contributed by atoms with Crippen LogP contribution in [0, 0.1) is 0 Å². The Morgan fingerprint density at radius 1 is 1.60 bits per heavy atom. The highest BCUT2D eigenvalue weighted by atomic mass is 16.6. The van der Waals surface area contributed by atoms with Gasteiger partial charge >= 0.3 is 6.09 Å². The van der Waals surface area contributed by atoms with Crippen LogP contribution in [0.5, 0.6) is 0 Å². The van der Waals surface area contributed by atoms with E-state index in [1.807, 2.05) is 18.2 Å². The highest BCUT2D eigenvalue weighted by Crippen LogP contribution is 2.30. The third-order valence-electron chi connectivity index (χ3n) is 3.20. The van der Waals surface area contributed by atoms with Crippen molar-refractivity contribution in [3.8, 4) is 0 Å². The summed E-state index contributed by atoms with van der Waals surface area (Å²) in [6.07, 6.45) is 1.00. The third-order valence-corrected chi connectivity index (χ3v) is 3.20. The molecule has 2 aromatic rings. The van der Waals surface area contributed by atoms with Crippen LogP contribution in [0.1, 0.15) is 5.56 Å². The second-order valence-electron chi connectivity index (χ2n) is 4.54. The van der Waals surface area contributed by atoms with Gasteiger partial charge in [-0.15, -0.1) is 0 Å². The zero-order valence-electron chi connectivity index (χ0n) is 11.0. The Morgan fingerprint density at radius 3 is 3.20 bits per heavy atom. The van der Waals surface area contributed by atoms with E-state index >= 15 is 0 Å². The predicted molar refractivity (Wildman–Crippen MR) is 73.6 cm³/mol. The molecule has 1 aliphatic heterocycles. The molecule has 1 saturated heterocycles. The lowest BCUT2D eigenvalue weighted by molar-refractivity contribution is 0.0718. The van der Waals surface area contributed by atoms with Crippen molar-refractivity contribution in [1.29, 1.82) is 0 Å². The van der Waals surface area contributed by atoms with Crippen molar-refractivity contribution in [3.05, 3.63) is 30.3 Å². The Morgan fingerprint density at radius 2 is 2.45 bits per heavy atom. The van der Waals surface area contributed by atoms with Gasteiger partial charge < -0.3 is 14.0 Å². The summed E-state index contributed by atoms with van der Waals surface area (Å²) in [5.41, 5.74) is 1.54. The molecule has 2 heterocycles. The lowest BCUT2D eigenvalue weighted by Gasteiger charge is -2.08. The summed E-state index contributed by atoms with van der Waals surface area (Å²) >= 11 is 0. The summed E-state index contributed by atoms with van der Waals surface area (Å²) in [6.45, 7) is 4.46. The summed E-state index contributed by atoms with van der Waals surface area (Å²) in [7, 11) is 1.57. The smallest absolute Gasteiger partial charge is 0.416 e. The molecule has 6 nitrogen and oxygen atoms in total. The molecule has 0 bridgehead atoms. The number of carbonyl (C=O) groups is 1. The normalized spacial score (nSPS) is 18.6. The maximum Gasteiger partial charge on any atom is 0.416 e. The highest BCUT2D eigenvalue weighted by Gasteiger charge is 2.35. The SMILES string of the molecule is C=Cc1ccc2c(N3CC(COC)OC3=O)noc2c1. The van der Waals surface area contributed by atoms with Crippen LogP contribution in [0.2, 0.25) is 0 Å². The van der Waals surface area contributed by atoms with Crippen LogP contribution in [0.25, 0.3) is 17.0 Å². The number of amides is 1. The van der Waals surface area contributed by atoms with Gasteiger partial charge in [-0.2, -0.15) is 0 Å². The number of cyclic esters (lactones) is 1. The quantitative estimate of drug-likeness (QED) is 0.856. The standard InChI is InChI=1S/C14H14N2O4/c1-3-9-4-5-11-12(6-9)20-15-13(11)16-7-10(8-18-2)19-14(16)17/h3-6,10H,1,7-8H2,2H3. The van der Waals surface area contributed by atoms with Gasteiger partial charge in [0.25, 0.3) is 0 Å². The molecule has 0 saturated carbocycles. The van der Waals surface area contributed by atoms with Crippen LogP contribution < -0.4 is 4.90 Å². The fraction of sp³-hybridized carbons (Fsp3) is 0.286. The molecule has 1 unspecified atom stereocenters. The van der Waals surface area contributed by atoms with E-state index in [1.54, 1.807) is 13.2 Å². The maximum atomic E-state index is 11.9. The van der Waals surface area contributed by atoms with E-state index in [0.717, 1.165) is 10.9 Å². The molecule has 1 aliphatic rings. The Labute approximate surface area is 115 Å². The van der Waals surface area contributed by atoms with Crippen LogP contribution in [0.4, 0.5) is 10.6 Å². The number of benzene rings is 1. The second kappa shape index (κ2) is 4.97. The van der Waals surface area contributed by atoms with Gasteiger partial charge in [-0.1, -0.05) is 23.9 Å². The van der Waals surface area contributed by atoms with Gasteiger partial charge in [0.05, 0.1) is 18.5 Å². The Balaban J connectivity index is 1.94. The van der Waals surface area contributed by atoms with Gasteiger partial charge in [0.2, 0.25) is 0 Å². The molecular weight excluding hydrogens is 260 g/mol. The highest BCUT2D eigenvalue weighted by molar-refractivity contribution is 5.99. The second-order valence-corrected chi connectivity index (χ2v) is 4.54. The molecule has 6 heteroatoms. The van der Waals surface area contributed by atoms with Crippen molar-refractivity contribution in [1.82, 2.24) is 5.16 Å². The molecule has 0 aliphatic carbocycles. The number of nitrogens with zero attached hydrogens (tertiary/aromatic N) is 2. The van der Waals surface area contributed by atoms with Gasteiger partial charge in [0.1, 0.15) is 6.10 Å². The number of ether oxygens (including phenoxy) is 2. The number of rotatable bonds is 4. The molecule has 0 N–H and O–H groups in total. The molecular formula is C14H14N2O4. The van der Waals surface area contributed by atoms with Crippen molar-refractivity contribution in [3.63, 3.8) is 0 Å². The van der Waals surface area contributed by atoms with E-state index in [-0.39, 0.29) is 6.10 Å². The first kappa shape index (κ1) is 12.7. The molecule has 1 aromatic carbocycles. The van der Waals surface area contributed by atoms with Crippen LogP contribution in [-0.4, -0.2) is 37.6 Å². The van der Waals surface area contributed by atoms with Crippen LogP contribution >= 0.6 is 0 Å². The number of anilines is 1. The molecule has 104 valence electrons. The molecule has 1 atom stereocenters. The number of aromatic nitrogens is 1. The first-order valence-corrected chi connectivity index (χ1v) is 6.22. The average Bonchev–Trinajstić information content (AvgIpc) is 3.01. The molecule has 1 amide bonds. The Kier molecular flexibility index (Phi) is 3.15. The fourth-order valence-corrected chi connectivity index (χ4v) is 2.23. The number of carbonyl (C=O) groups excluding carboxylic acids is 1. The zero-order valence-corrected chi connectivity index (χ0v) is 11.0. The lowest BCUT2D eigenvalue weighted by atomic mass is 10.1. The topological polar surface area (TPSA) is 64.8 Å². The number of hydrogen-bond donors (Lipinski definition) is 0. The maximum absolute atomic E-state index is 11.9. The number of methoxy groups -OCH3 is 1. The predicted octanol–water partition coefficient (Wildman–Crippen LogP) is 2.44. The summed E-state index contributed by atoms with van der Waals surface area (Å²) in [5, 5.41) is 4.74. The van der Waals surface area contributed by atoms with E-state index < -0.39 is 6.09 Å². The summed E-state index contributed by atoms with van der Waals surface area (Å²) in [6, 6.07) is 5.58. The Bertz CT molecular complexity index is 664. The fourth-order valence-electron chi connectivity index (χ4n) is 2.23. The van der Waals surface area contributed by atoms with Crippen molar-refractivity contribution in [2.24, 2.45) is 0 Å². The van der Waals surface area contributed by atoms with E-state index in [2.05, 4.69) is 11.7 Å². The number of fused-ring (bicyclic) bond motifs is 1. The molecule has 3 rings (SSSR count). The average molecular weight is 274 g/mol. The molecule has 0 radical (unpaired) electrons. The van der Waals surface area contributed by atoms with Gasteiger partial charge in [0, 0.05) is 7.11 Å². The van der Waals surface area contributed by atoms with Gasteiger partial charge in [-0.05, 0) is 17.7 Å². The molecule has 0 spiro atoms. The molecule has 1 aromatic heterocycles. The van der Waals surface area contributed by atoms with E-state index in [0.29, 0.717) is 24.6 Å². The van der Waals surface area contributed by atoms with E-state index in [4.69, 9.17) is 14.0 Å². The van der Waals surface area contributed by atoms with E-state index in [1.165, 1.54) is 4.90 Å². The van der Waals surface area contributed by atoms with Crippen LogP contribution in [-0.2, 0) is 9.47 Å². The van der Waals surface area contributed by atoms with Gasteiger partial charge in [0.15, 0.2) is 11.4 Å². The zero-order chi connectivity index (χ0) is 14.1. The third kappa shape index (κ3) is 2.04. The van der Waals surface area contributed by atoms with Crippen LogP contribution in [0.3, 0.4) is 0 Å².